The van der Waals surface area contributed by atoms with Crippen LogP contribution in [0.1, 0.15) is 11.1 Å². The van der Waals surface area contributed by atoms with Gasteiger partial charge in [-0.1, -0.05) is 30.3 Å². The monoisotopic (exact) mass is 332 g/mol. The number of hydrogen-bond acceptors (Lipinski definition) is 3. The largest absolute Gasteiger partial charge is 0.340 e. The Balaban J connectivity index is 1.62. The van der Waals surface area contributed by atoms with E-state index in [4.69, 9.17) is 0 Å². The van der Waals surface area contributed by atoms with E-state index in [9.17, 15) is 4.79 Å². The van der Waals surface area contributed by atoms with Gasteiger partial charge < -0.3 is 16.0 Å². The minimum atomic E-state index is -0.303. The number of hydrogen-bond donors (Lipinski definition) is 3. The molecule has 1 aromatic heterocycles. The van der Waals surface area contributed by atoms with Crippen LogP contribution in [0, 0.1) is 13.8 Å². The number of para-hydroxylation sites is 1. The molecule has 3 rings (SSSR count). The lowest BCUT2D eigenvalue weighted by molar-refractivity contribution is 0.262. The molecule has 25 heavy (non-hydrogen) atoms. The second-order valence-corrected chi connectivity index (χ2v) is 5.75. The predicted molar refractivity (Wildman–Crippen MR) is 103 cm³/mol. The number of nitrogens with one attached hydrogen (secondary N) is 3. The second-order valence-electron chi connectivity index (χ2n) is 5.75. The molecule has 0 bridgehead atoms. The maximum Gasteiger partial charge on any atom is 0.323 e. The number of nitrogens with zero attached hydrogens (tertiary/aromatic N) is 1. The van der Waals surface area contributed by atoms with Crippen LogP contribution in [-0.4, -0.2) is 11.0 Å². The number of carbonyl (C=O) groups excluding carboxylic acids is 1. The molecule has 5 heteroatoms. The zero-order valence-electron chi connectivity index (χ0n) is 14.2. The molecule has 5 nitrogen and oxygen atoms in total. The summed E-state index contributed by atoms with van der Waals surface area (Å²) in [5, 5.41) is 8.82. The topological polar surface area (TPSA) is 66.0 Å². The van der Waals surface area contributed by atoms with Gasteiger partial charge in [-0.15, -0.1) is 0 Å². The van der Waals surface area contributed by atoms with Crippen LogP contribution >= 0.6 is 0 Å². The van der Waals surface area contributed by atoms with Gasteiger partial charge in [0.15, 0.2) is 0 Å². The third-order valence-corrected chi connectivity index (χ3v) is 3.92. The summed E-state index contributed by atoms with van der Waals surface area (Å²) in [6, 6.07) is 18.7. The van der Waals surface area contributed by atoms with Crippen molar-refractivity contribution in [1.29, 1.82) is 0 Å². The van der Waals surface area contributed by atoms with Crippen LogP contribution in [0.25, 0.3) is 0 Å². The molecular weight excluding hydrogens is 312 g/mol. The second kappa shape index (κ2) is 7.49. The lowest BCUT2D eigenvalue weighted by atomic mass is 10.1. The van der Waals surface area contributed by atoms with Crippen molar-refractivity contribution in [2.24, 2.45) is 0 Å². The molecule has 0 aliphatic carbocycles. The van der Waals surface area contributed by atoms with E-state index >= 15 is 0 Å². The van der Waals surface area contributed by atoms with Gasteiger partial charge in [-0.05, 0) is 55.3 Å². The molecule has 0 fully saturated rings. The quantitative estimate of drug-likeness (QED) is 0.624. The molecular formula is C20H20N4O. The SMILES string of the molecule is Cc1cccc(Nc2ccc(NC(=O)Nc3ccccc3)cn2)c1C. The summed E-state index contributed by atoms with van der Waals surface area (Å²) in [4.78, 5) is 16.3. The van der Waals surface area contributed by atoms with E-state index in [1.165, 1.54) is 11.1 Å². The normalized spacial score (nSPS) is 10.2. The van der Waals surface area contributed by atoms with Crippen molar-refractivity contribution < 1.29 is 4.79 Å². The standard InChI is InChI=1S/C20H20N4O/c1-14-7-6-10-18(15(14)2)24-19-12-11-17(13-21-19)23-20(25)22-16-8-4-3-5-9-16/h3-13H,1-2H3,(H,21,24)(H2,22,23,25). The molecule has 0 radical (unpaired) electrons. The van der Waals surface area contributed by atoms with Crippen molar-refractivity contribution in [3.8, 4) is 0 Å². The van der Waals surface area contributed by atoms with Gasteiger partial charge in [0.2, 0.25) is 0 Å². The van der Waals surface area contributed by atoms with Crippen LogP contribution in [0.15, 0.2) is 66.9 Å². The summed E-state index contributed by atoms with van der Waals surface area (Å²) in [5.41, 5.74) is 4.80. The van der Waals surface area contributed by atoms with Crippen LogP contribution in [0.5, 0.6) is 0 Å². The highest BCUT2D eigenvalue weighted by atomic mass is 16.2. The molecule has 0 spiro atoms. The Hall–Kier alpha value is -3.34. The third-order valence-electron chi connectivity index (χ3n) is 3.92. The van der Waals surface area contributed by atoms with Crippen LogP contribution in [0.4, 0.5) is 27.7 Å². The first-order chi connectivity index (χ1) is 12.1. The van der Waals surface area contributed by atoms with Crippen LogP contribution < -0.4 is 16.0 Å². The Kier molecular flexibility index (Phi) is 4.95. The van der Waals surface area contributed by atoms with E-state index in [1.54, 1.807) is 6.20 Å². The van der Waals surface area contributed by atoms with Gasteiger partial charge in [-0.3, -0.25) is 0 Å². The highest BCUT2D eigenvalue weighted by molar-refractivity contribution is 5.99. The minimum Gasteiger partial charge on any atom is -0.340 e. The summed E-state index contributed by atoms with van der Waals surface area (Å²) in [7, 11) is 0. The third kappa shape index (κ3) is 4.35. The van der Waals surface area contributed by atoms with Crippen molar-refractivity contribution in [1.82, 2.24) is 4.98 Å². The molecule has 2 amide bonds. The average molecular weight is 332 g/mol. The Morgan fingerprint density at radius 2 is 1.60 bits per heavy atom. The number of benzene rings is 2. The summed E-state index contributed by atoms with van der Waals surface area (Å²) in [6.07, 6.45) is 1.62. The fourth-order valence-corrected chi connectivity index (χ4v) is 2.38. The summed E-state index contributed by atoms with van der Waals surface area (Å²) >= 11 is 0. The molecule has 0 atom stereocenters. The Morgan fingerprint density at radius 1 is 0.840 bits per heavy atom. The molecule has 3 aromatic rings. The fourth-order valence-electron chi connectivity index (χ4n) is 2.38. The zero-order valence-corrected chi connectivity index (χ0v) is 14.2. The minimum absolute atomic E-state index is 0.303. The van der Waals surface area contributed by atoms with Gasteiger partial charge in [-0.2, -0.15) is 0 Å². The number of urea groups is 1. The highest BCUT2D eigenvalue weighted by Gasteiger charge is 2.05. The smallest absolute Gasteiger partial charge is 0.323 e. The van der Waals surface area contributed by atoms with E-state index < -0.39 is 0 Å². The molecule has 2 aromatic carbocycles. The summed E-state index contributed by atoms with van der Waals surface area (Å²) in [6.45, 7) is 4.15. The molecule has 0 saturated heterocycles. The van der Waals surface area contributed by atoms with Crippen molar-refractivity contribution in [2.75, 3.05) is 16.0 Å². The van der Waals surface area contributed by atoms with Gasteiger partial charge in [-0.25, -0.2) is 9.78 Å². The molecule has 0 aliphatic rings. The predicted octanol–water partition coefficient (Wildman–Crippen LogP) is 5.09. The number of rotatable bonds is 4. The highest BCUT2D eigenvalue weighted by Crippen LogP contribution is 2.22. The van der Waals surface area contributed by atoms with Gasteiger partial charge in [0, 0.05) is 11.4 Å². The molecule has 0 aliphatic heterocycles. The van der Waals surface area contributed by atoms with Crippen LogP contribution in [-0.2, 0) is 0 Å². The number of pyridine rings is 1. The Morgan fingerprint density at radius 3 is 2.32 bits per heavy atom. The fraction of sp³-hybridized carbons (Fsp3) is 0.100. The number of aryl methyl sites for hydroxylation is 1. The van der Waals surface area contributed by atoms with Crippen LogP contribution in [0.2, 0.25) is 0 Å². The van der Waals surface area contributed by atoms with Gasteiger partial charge in [0.25, 0.3) is 0 Å². The van der Waals surface area contributed by atoms with Crippen molar-refractivity contribution in [3.63, 3.8) is 0 Å². The van der Waals surface area contributed by atoms with E-state index in [0.717, 1.165) is 17.2 Å². The number of anilines is 4. The molecule has 126 valence electrons. The van der Waals surface area contributed by atoms with Gasteiger partial charge in [0.05, 0.1) is 11.9 Å². The number of amides is 2. The zero-order chi connectivity index (χ0) is 17.6. The molecule has 0 saturated carbocycles. The average Bonchev–Trinajstić information content (AvgIpc) is 2.61. The van der Waals surface area contributed by atoms with Gasteiger partial charge >= 0.3 is 6.03 Å². The van der Waals surface area contributed by atoms with E-state index in [2.05, 4.69) is 40.8 Å². The first-order valence-corrected chi connectivity index (χ1v) is 8.04. The van der Waals surface area contributed by atoms with Crippen molar-refractivity contribution >= 4 is 28.9 Å². The maximum atomic E-state index is 12.0. The van der Waals surface area contributed by atoms with Crippen molar-refractivity contribution in [2.45, 2.75) is 13.8 Å². The number of carbonyl (C=O) groups is 1. The number of aromatic nitrogens is 1. The molecule has 1 heterocycles. The van der Waals surface area contributed by atoms with E-state index in [-0.39, 0.29) is 6.03 Å². The lowest BCUT2D eigenvalue weighted by Gasteiger charge is -2.11. The summed E-state index contributed by atoms with van der Waals surface area (Å²) < 4.78 is 0. The first-order valence-electron chi connectivity index (χ1n) is 8.04. The Labute approximate surface area is 147 Å². The van der Waals surface area contributed by atoms with E-state index in [1.807, 2.05) is 54.6 Å². The molecule has 0 unspecified atom stereocenters. The van der Waals surface area contributed by atoms with Crippen molar-refractivity contribution in [3.05, 3.63) is 78.0 Å². The Bertz CT molecular complexity index is 861. The lowest BCUT2D eigenvalue weighted by Crippen LogP contribution is -2.19. The van der Waals surface area contributed by atoms with Crippen LogP contribution in [0.3, 0.4) is 0 Å². The molecule has 3 N–H and O–H groups in total. The summed E-state index contributed by atoms with van der Waals surface area (Å²) in [5.74, 6) is 0.725. The maximum absolute atomic E-state index is 12.0. The van der Waals surface area contributed by atoms with E-state index in [0.29, 0.717) is 5.69 Å². The first kappa shape index (κ1) is 16.5. The van der Waals surface area contributed by atoms with Gasteiger partial charge in [0.1, 0.15) is 5.82 Å².